The van der Waals surface area contributed by atoms with Gasteiger partial charge in [-0.25, -0.2) is 9.59 Å². The zero-order valence-electron chi connectivity index (χ0n) is 17.3. The van der Waals surface area contributed by atoms with Crippen LogP contribution in [-0.4, -0.2) is 45.5 Å². The second-order valence-corrected chi connectivity index (χ2v) is 7.72. The first-order valence-electron chi connectivity index (χ1n) is 10.3. The van der Waals surface area contributed by atoms with Crippen LogP contribution < -0.4 is 0 Å². The smallest absolute Gasteiger partial charge is 0.407 e. The Morgan fingerprint density at radius 3 is 2.65 bits per heavy atom. The second-order valence-electron chi connectivity index (χ2n) is 7.72. The van der Waals surface area contributed by atoms with Crippen LogP contribution in [0.3, 0.4) is 0 Å². The molecule has 0 unspecified atom stereocenters. The lowest BCUT2D eigenvalue weighted by atomic mass is 9.86. The summed E-state index contributed by atoms with van der Waals surface area (Å²) in [4.78, 5) is 25.7. The van der Waals surface area contributed by atoms with Crippen LogP contribution in [-0.2, 0) is 11.2 Å². The highest BCUT2D eigenvalue weighted by molar-refractivity contribution is 5.89. The number of amides is 1. The molecule has 1 fully saturated rings. The molecule has 160 valence electrons. The van der Waals surface area contributed by atoms with Crippen LogP contribution in [0, 0.1) is 0 Å². The molecule has 7 heteroatoms. The highest BCUT2D eigenvalue weighted by Gasteiger charge is 2.35. The Morgan fingerprint density at radius 1 is 1.16 bits per heavy atom. The van der Waals surface area contributed by atoms with Crippen molar-refractivity contribution < 1.29 is 19.4 Å². The van der Waals surface area contributed by atoms with E-state index in [-0.39, 0.29) is 12.1 Å². The molecule has 0 aliphatic carbocycles. The van der Waals surface area contributed by atoms with Gasteiger partial charge in [-0.2, -0.15) is 5.10 Å². The molecule has 1 amide bonds. The summed E-state index contributed by atoms with van der Waals surface area (Å²) in [5.74, 6) is -0.408. The first-order valence-corrected chi connectivity index (χ1v) is 10.3. The minimum Gasteiger partial charge on any atom is -0.465 e. The number of likely N-dealkylation sites (tertiary alicyclic amines) is 1. The molecule has 7 nitrogen and oxygen atoms in total. The van der Waals surface area contributed by atoms with E-state index in [1.165, 1.54) is 12.0 Å². The van der Waals surface area contributed by atoms with Gasteiger partial charge >= 0.3 is 12.1 Å². The van der Waals surface area contributed by atoms with Gasteiger partial charge in [0, 0.05) is 18.9 Å². The summed E-state index contributed by atoms with van der Waals surface area (Å²) >= 11 is 0. The number of carbonyl (C=O) groups excluding carboxylic acids is 1. The second kappa shape index (κ2) is 9.04. The average Bonchev–Trinajstić information content (AvgIpc) is 3.34. The molecule has 0 spiro atoms. The van der Waals surface area contributed by atoms with Crippen molar-refractivity contribution in [3.8, 4) is 0 Å². The van der Waals surface area contributed by atoms with Crippen LogP contribution in [0.15, 0.2) is 67.0 Å². The number of rotatable bonds is 5. The maximum atomic E-state index is 12.1. The van der Waals surface area contributed by atoms with Gasteiger partial charge in [-0.3, -0.25) is 4.68 Å². The first-order chi connectivity index (χ1) is 15.1. The van der Waals surface area contributed by atoms with E-state index >= 15 is 0 Å². The van der Waals surface area contributed by atoms with E-state index in [0.717, 1.165) is 16.7 Å². The van der Waals surface area contributed by atoms with Crippen molar-refractivity contribution in [3.63, 3.8) is 0 Å². The summed E-state index contributed by atoms with van der Waals surface area (Å²) in [7, 11) is 1.36. The lowest BCUT2D eigenvalue weighted by Gasteiger charge is -2.39. The molecule has 0 bridgehead atoms. The van der Waals surface area contributed by atoms with Gasteiger partial charge in [0.15, 0.2) is 0 Å². The van der Waals surface area contributed by atoms with Gasteiger partial charge in [-0.05, 0) is 54.2 Å². The van der Waals surface area contributed by atoms with Crippen LogP contribution in [0.1, 0.15) is 52.0 Å². The van der Waals surface area contributed by atoms with Gasteiger partial charge in [0.05, 0.1) is 24.8 Å². The molecule has 1 aliphatic rings. The largest absolute Gasteiger partial charge is 0.465 e. The molecule has 2 aromatic carbocycles. The molecule has 4 rings (SSSR count). The fourth-order valence-electron chi connectivity index (χ4n) is 4.35. The number of piperidine rings is 1. The standard InChI is InChI=1S/C24H25N3O4/c1-31-23(28)18-8-9-21(19(15-18)14-17-6-3-2-4-7-17)22-16-20(27-12-5-11-25-27)10-13-26(22)24(29)30/h2-9,11-12,15,20,22H,10,13-14,16H2,1H3,(H,29,30)/t20-,22-/m0/s1. The molecule has 31 heavy (non-hydrogen) atoms. The number of methoxy groups -OCH3 is 1. The molecule has 1 aliphatic heterocycles. The van der Waals surface area contributed by atoms with E-state index in [2.05, 4.69) is 5.10 Å². The van der Waals surface area contributed by atoms with Crippen LogP contribution in [0.5, 0.6) is 0 Å². The highest BCUT2D eigenvalue weighted by Crippen LogP contribution is 2.38. The predicted octanol–water partition coefficient (Wildman–Crippen LogP) is 4.32. The Hall–Kier alpha value is -3.61. The van der Waals surface area contributed by atoms with Crippen LogP contribution >= 0.6 is 0 Å². The number of carbonyl (C=O) groups is 2. The molecule has 3 aromatic rings. The number of ether oxygens (including phenoxy) is 1. The van der Waals surface area contributed by atoms with E-state index in [4.69, 9.17) is 4.74 Å². The van der Waals surface area contributed by atoms with Gasteiger partial charge in [0.1, 0.15) is 0 Å². The predicted molar refractivity (Wildman–Crippen MR) is 115 cm³/mol. The van der Waals surface area contributed by atoms with Crippen molar-refractivity contribution in [1.29, 1.82) is 0 Å². The highest BCUT2D eigenvalue weighted by atomic mass is 16.5. The molecular formula is C24H25N3O4. The fourth-order valence-corrected chi connectivity index (χ4v) is 4.35. The van der Waals surface area contributed by atoms with Gasteiger partial charge in [-0.15, -0.1) is 0 Å². The monoisotopic (exact) mass is 419 g/mol. The minimum absolute atomic E-state index is 0.112. The maximum absolute atomic E-state index is 12.1. The normalized spacial score (nSPS) is 18.5. The van der Waals surface area contributed by atoms with Crippen molar-refractivity contribution in [2.24, 2.45) is 0 Å². The van der Waals surface area contributed by atoms with Crippen LogP contribution in [0.2, 0.25) is 0 Å². The molecule has 0 saturated carbocycles. The van der Waals surface area contributed by atoms with Crippen molar-refractivity contribution >= 4 is 12.1 Å². The summed E-state index contributed by atoms with van der Waals surface area (Å²) in [5.41, 5.74) is 3.38. The third-order valence-corrected chi connectivity index (χ3v) is 5.88. The van der Waals surface area contributed by atoms with Crippen molar-refractivity contribution in [2.45, 2.75) is 31.3 Å². The van der Waals surface area contributed by atoms with Crippen molar-refractivity contribution in [1.82, 2.24) is 14.7 Å². The SMILES string of the molecule is COC(=O)c1ccc([C@@H]2C[C@@H](n3cccn3)CCN2C(=O)O)c(Cc2ccccc2)c1. The summed E-state index contributed by atoms with van der Waals surface area (Å²) in [6.45, 7) is 0.425. The van der Waals surface area contributed by atoms with Gasteiger partial charge in [-0.1, -0.05) is 36.4 Å². The van der Waals surface area contributed by atoms with E-state index < -0.39 is 12.1 Å². The first kappa shape index (κ1) is 20.7. The topological polar surface area (TPSA) is 84.7 Å². The Balaban J connectivity index is 1.75. The number of hydrogen-bond acceptors (Lipinski definition) is 4. The zero-order valence-corrected chi connectivity index (χ0v) is 17.3. The van der Waals surface area contributed by atoms with Crippen molar-refractivity contribution in [3.05, 3.63) is 89.2 Å². The molecule has 1 N–H and O–H groups in total. The fraction of sp³-hybridized carbons (Fsp3) is 0.292. The van der Waals surface area contributed by atoms with Gasteiger partial charge in [0.25, 0.3) is 0 Å². The number of hydrogen-bond donors (Lipinski definition) is 1. The molecule has 1 aromatic heterocycles. The summed E-state index contributed by atoms with van der Waals surface area (Å²) < 4.78 is 6.81. The lowest BCUT2D eigenvalue weighted by Crippen LogP contribution is -2.41. The van der Waals surface area contributed by atoms with Crippen LogP contribution in [0.4, 0.5) is 4.79 Å². The third-order valence-electron chi connectivity index (χ3n) is 5.88. The Bertz CT molecular complexity index is 1050. The maximum Gasteiger partial charge on any atom is 0.407 e. The zero-order chi connectivity index (χ0) is 21.8. The Kier molecular flexibility index (Phi) is 6.02. The van der Waals surface area contributed by atoms with Gasteiger partial charge < -0.3 is 14.7 Å². The van der Waals surface area contributed by atoms with Gasteiger partial charge in [0.2, 0.25) is 0 Å². The average molecular weight is 419 g/mol. The molecule has 2 atom stereocenters. The summed E-state index contributed by atoms with van der Waals surface area (Å²) in [6.07, 6.45) is 4.64. The number of benzene rings is 2. The number of aromatic nitrogens is 2. The number of carboxylic acid groups (broad SMARTS) is 1. The van der Waals surface area contributed by atoms with Crippen LogP contribution in [0.25, 0.3) is 0 Å². The Labute approximate surface area is 180 Å². The Morgan fingerprint density at radius 2 is 1.97 bits per heavy atom. The number of esters is 1. The van der Waals surface area contributed by atoms with E-state index in [0.29, 0.717) is 31.4 Å². The summed E-state index contributed by atoms with van der Waals surface area (Å²) in [5, 5.41) is 14.2. The molecule has 2 heterocycles. The molecule has 0 radical (unpaired) electrons. The molecule has 1 saturated heterocycles. The van der Waals surface area contributed by atoms with E-state index in [1.54, 1.807) is 12.3 Å². The lowest BCUT2D eigenvalue weighted by molar-refractivity contribution is 0.0599. The van der Waals surface area contributed by atoms with E-state index in [1.807, 2.05) is 59.4 Å². The van der Waals surface area contributed by atoms with Crippen molar-refractivity contribution in [2.75, 3.05) is 13.7 Å². The minimum atomic E-state index is -0.938. The third kappa shape index (κ3) is 4.45. The molecular weight excluding hydrogens is 394 g/mol. The summed E-state index contributed by atoms with van der Waals surface area (Å²) in [6, 6.07) is 17.0. The number of nitrogens with zero attached hydrogens (tertiary/aromatic N) is 3. The quantitative estimate of drug-likeness (QED) is 0.623. The van der Waals surface area contributed by atoms with E-state index in [9.17, 15) is 14.7 Å².